The number of hydrogen-bond acceptors (Lipinski definition) is 7. The molecule has 0 spiro atoms. The van der Waals surface area contributed by atoms with Crippen LogP contribution in [-0.2, 0) is 11.2 Å². The Labute approximate surface area is 134 Å². The lowest BCUT2D eigenvalue weighted by molar-refractivity contribution is 0.111. The van der Waals surface area contributed by atoms with Crippen molar-refractivity contribution in [1.82, 2.24) is 15.0 Å². The van der Waals surface area contributed by atoms with Gasteiger partial charge in [-0.3, -0.25) is 9.78 Å². The highest BCUT2D eigenvalue weighted by molar-refractivity contribution is 5.73. The van der Waals surface area contributed by atoms with Crippen LogP contribution in [0, 0.1) is 0 Å². The van der Waals surface area contributed by atoms with Gasteiger partial charge in [-0.1, -0.05) is 6.07 Å². The lowest BCUT2D eigenvalue weighted by Gasteiger charge is -2.27. The second kappa shape index (κ2) is 7.64. The molecule has 0 amide bonds. The van der Waals surface area contributed by atoms with Crippen molar-refractivity contribution >= 4 is 12.1 Å². The van der Waals surface area contributed by atoms with Crippen LogP contribution in [0.2, 0.25) is 0 Å². The molecular weight excluding hydrogens is 296 g/mol. The maximum Gasteiger partial charge on any atom is 0.319 e. The van der Waals surface area contributed by atoms with Crippen LogP contribution >= 0.6 is 0 Å². The molecule has 0 N–H and O–H groups in total. The summed E-state index contributed by atoms with van der Waals surface area (Å²) in [5, 5.41) is 0. The molecule has 1 saturated heterocycles. The van der Waals surface area contributed by atoms with Crippen LogP contribution in [0.25, 0.3) is 0 Å². The molecule has 2 aromatic heterocycles. The van der Waals surface area contributed by atoms with Crippen LogP contribution in [-0.4, -0.2) is 54.1 Å². The first-order valence-corrected chi connectivity index (χ1v) is 7.55. The number of aromatic nitrogens is 3. The van der Waals surface area contributed by atoms with Gasteiger partial charge in [0.05, 0.1) is 19.8 Å². The average molecular weight is 314 g/mol. The van der Waals surface area contributed by atoms with Crippen LogP contribution in [0.1, 0.15) is 16.2 Å². The lowest BCUT2D eigenvalue weighted by Crippen LogP contribution is -2.37. The van der Waals surface area contributed by atoms with Crippen LogP contribution in [0.15, 0.2) is 30.5 Å². The third-order valence-corrected chi connectivity index (χ3v) is 3.48. The number of carbonyl (C=O) groups is 1. The smallest absolute Gasteiger partial charge is 0.319 e. The fraction of sp³-hybridized carbons (Fsp3) is 0.375. The van der Waals surface area contributed by atoms with Crippen LogP contribution in [0.3, 0.4) is 0 Å². The summed E-state index contributed by atoms with van der Waals surface area (Å²) in [6.07, 6.45) is 3.11. The minimum Gasteiger partial charge on any atom is -0.463 e. The van der Waals surface area contributed by atoms with Crippen LogP contribution < -0.4 is 9.64 Å². The molecule has 120 valence electrons. The van der Waals surface area contributed by atoms with E-state index in [1.165, 1.54) is 0 Å². The molecule has 0 bridgehead atoms. The van der Waals surface area contributed by atoms with Crippen molar-refractivity contribution in [1.29, 1.82) is 0 Å². The van der Waals surface area contributed by atoms with Gasteiger partial charge in [-0.2, -0.15) is 9.97 Å². The van der Waals surface area contributed by atoms with E-state index < -0.39 is 0 Å². The van der Waals surface area contributed by atoms with E-state index in [0.29, 0.717) is 44.0 Å². The number of pyridine rings is 1. The van der Waals surface area contributed by atoms with E-state index in [2.05, 4.69) is 19.9 Å². The first-order chi connectivity index (χ1) is 11.3. The van der Waals surface area contributed by atoms with Gasteiger partial charge in [0, 0.05) is 37.5 Å². The first kappa shape index (κ1) is 15.4. The Morgan fingerprint density at radius 2 is 2.13 bits per heavy atom. The van der Waals surface area contributed by atoms with Crippen molar-refractivity contribution in [3.8, 4) is 6.01 Å². The van der Waals surface area contributed by atoms with Gasteiger partial charge in [-0.05, 0) is 12.1 Å². The highest BCUT2D eigenvalue weighted by Gasteiger charge is 2.15. The minimum atomic E-state index is 0.215. The first-order valence-electron chi connectivity index (χ1n) is 7.55. The summed E-state index contributed by atoms with van der Waals surface area (Å²) in [7, 11) is 0. The Morgan fingerprint density at radius 1 is 1.26 bits per heavy atom. The number of anilines is 1. The van der Waals surface area contributed by atoms with Gasteiger partial charge in [-0.15, -0.1) is 0 Å². The van der Waals surface area contributed by atoms with Gasteiger partial charge in [0.2, 0.25) is 0 Å². The van der Waals surface area contributed by atoms with E-state index in [1.807, 2.05) is 18.2 Å². The number of hydrogen-bond donors (Lipinski definition) is 0. The Bertz CT molecular complexity index is 645. The zero-order chi connectivity index (χ0) is 15.9. The van der Waals surface area contributed by atoms with Gasteiger partial charge < -0.3 is 14.4 Å². The van der Waals surface area contributed by atoms with E-state index in [0.717, 1.165) is 18.8 Å². The molecule has 2 aromatic rings. The van der Waals surface area contributed by atoms with Crippen molar-refractivity contribution < 1.29 is 14.3 Å². The molecule has 0 atom stereocenters. The summed E-state index contributed by atoms with van der Waals surface area (Å²) in [5.74, 6) is 0.693. The Kier molecular flexibility index (Phi) is 5.10. The second-order valence-corrected chi connectivity index (χ2v) is 5.07. The highest BCUT2D eigenvalue weighted by Crippen LogP contribution is 2.17. The molecule has 0 radical (unpaired) electrons. The molecular formula is C16H18N4O3. The molecule has 7 nitrogen and oxygen atoms in total. The molecule has 7 heteroatoms. The number of carbonyl (C=O) groups excluding carboxylic acids is 1. The number of aldehydes is 1. The third-order valence-electron chi connectivity index (χ3n) is 3.48. The zero-order valence-corrected chi connectivity index (χ0v) is 12.7. The zero-order valence-electron chi connectivity index (χ0n) is 12.7. The summed E-state index contributed by atoms with van der Waals surface area (Å²) < 4.78 is 10.9. The number of ether oxygens (including phenoxy) is 2. The molecule has 1 fully saturated rings. The van der Waals surface area contributed by atoms with E-state index in [1.54, 1.807) is 12.3 Å². The number of morpholine rings is 1. The van der Waals surface area contributed by atoms with E-state index in [-0.39, 0.29) is 6.01 Å². The maximum absolute atomic E-state index is 11.1. The lowest BCUT2D eigenvalue weighted by atomic mass is 10.3. The molecule has 3 rings (SSSR count). The van der Waals surface area contributed by atoms with E-state index >= 15 is 0 Å². The fourth-order valence-electron chi connectivity index (χ4n) is 2.30. The van der Waals surface area contributed by atoms with Gasteiger partial charge in [0.1, 0.15) is 11.5 Å². The van der Waals surface area contributed by atoms with Crippen molar-refractivity contribution in [3.05, 3.63) is 41.9 Å². The summed E-state index contributed by atoms with van der Waals surface area (Å²) in [4.78, 5) is 25.9. The highest BCUT2D eigenvalue weighted by atomic mass is 16.5. The predicted molar refractivity (Wildman–Crippen MR) is 83.9 cm³/mol. The second-order valence-electron chi connectivity index (χ2n) is 5.07. The van der Waals surface area contributed by atoms with Gasteiger partial charge in [0.25, 0.3) is 0 Å². The maximum atomic E-state index is 11.1. The molecule has 0 aliphatic carbocycles. The number of rotatable bonds is 6. The summed E-state index contributed by atoms with van der Waals surface area (Å²) in [5.41, 5.74) is 1.25. The summed E-state index contributed by atoms with van der Waals surface area (Å²) >= 11 is 0. The van der Waals surface area contributed by atoms with Gasteiger partial charge in [0.15, 0.2) is 6.29 Å². The van der Waals surface area contributed by atoms with E-state index in [9.17, 15) is 4.79 Å². The van der Waals surface area contributed by atoms with Crippen molar-refractivity contribution in [2.24, 2.45) is 0 Å². The normalized spacial score (nSPS) is 14.5. The SMILES string of the molecule is O=Cc1cc(N2CCOCC2)nc(OCCc2ccccn2)n1. The third kappa shape index (κ3) is 4.23. The molecule has 3 heterocycles. The van der Waals surface area contributed by atoms with Crippen molar-refractivity contribution in [2.45, 2.75) is 6.42 Å². The molecule has 23 heavy (non-hydrogen) atoms. The molecule has 0 unspecified atom stereocenters. The predicted octanol–water partition coefficient (Wildman–Crippen LogP) is 1.14. The van der Waals surface area contributed by atoms with Crippen molar-refractivity contribution in [2.75, 3.05) is 37.8 Å². The molecule has 1 aliphatic heterocycles. The Balaban J connectivity index is 1.67. The quantitative estimate of drug-likeness (QED) is 0.740. The Morgan fingerprint density at radius 3 is 2.87 bits per heavy atom. The molecule has 1 aliphatic rings. The largest absolute Gasteiger partial charge is 0.463 e. The topological polar surface area (TPSA) is 77.4 Å². The van der Waals surface area contributed by atoms with Gasteiger partial charge in [-0.25, -0.2) is 0 Å². The standard InChI is InChI=1S/C16H18N4O3/c21-12-14-11-15(20-6-9-22-10-7-20)19-16(18-14)23-8-4-13-3-1-2-5-17-13/h1-3,5,11-12H,4,6-10H2. The summed E-state index contributed by atoms with van der Waals surface area (Å²) in [6, 6.07) is 7.62. The average Bonchev–Trinajstić information content (AvgIpc) is 2.63. The molecule has 0 saturated carbocycles. The summed E-state index contributed by atoms with van der Waals surface area (Å²) in [6.45, 7) is 3.18. The van der Waals surface area contributed by atoms with Crippen LogP contribution in [0.4, 0.5) is 5.82 Å². The monoisotopic (exact) mass is 314 g/mol. The fourth-order valence-corrected chi connectivity index (χ4v) is 2.30. The molecule has 0 aromatic carbocycles. The van der Waals surface area contributed by atoms with E-state index in [4.69, 9.17) is 9.47 Å². The number of nitrogens with zero attached hydrogens (tertiary/aromatic N) is 4. The van der Waals surface area contributed by atoms with Gasteiger partial charge >= 0.3 is 6.01 Å². The minimum absolute atomic E-state index is 0.215. The van der Waals surface area contributed by atoms with Crippen LogP contribution in [0.5, 0.6) is 6.01 Å². The van der Waals surface area contributed by atoms with Crippen molar-refractivity contribution in [3.63, 3.8) is 0 Å². The Hall–Kier alpha value is -2.54.